The Labute approximate surface area is 100 Å². The first-order chi connectivity index (χ1) is 8.42. The van der Waals surface area contributed by atoms with Crippen LogP contribution in [0.5, 0.6) is 0 Å². The van der Waals surface area contributed by atoms with E-state index in [1.165, 1.54) is 12.8 Å². The van der Waals surface area contributed by atoms with Gasteiger partial charge < -0.3 is 10.6 Å². The third-order valence-corrected chi connectivity index (χ3v) is 3.14. The Hall–Kier alpha value is -1.68. The van der Waals surface area contributed by atoms with Gasteiger partial charge in [-0.15, -0.1) is 0 Å². The summed E-state index contributed by atoms with van der Waals surface area (Å²) in [6.07, 6.45) is 4.32. The molecule has 1 saturated heterocycles. The fourth-order valence-electron chi connectivity index (χ4n) is 2.20. The van der Waals surface area contributed by atoms with Gasteiger partial charge in [0, 0.05) is 12.6 Å². The molecule has 4 nitrogen and oxygen atoms in total. The van der Waals surface area contributed by atoms with E-state index < -0.39 is 0 Å². The van der Waals surface area contributed by atoms with Crippen LogP contribution in [0.25, 0.3) is 11.0 Å². The molecule has 17 heavy (non-hydrogen) atoms. The zero-order chi connectivity index (χ0) is 11.5. The van der Waals surface area contributed by atoms with Crippen molar-refractivity contribution in [2.75, 3.05) is 18.4 Å². The van der Waals surface area contributed by atoms with Crippen LogP contribution in [0.4, 0.5) is 5.82 Å². The van der Waals surface area contributed by atoms with Crippen molar-refractivity contribution < 1.29 is 0 Å². The van der Waals surface area contributed by atoms with Gasteiger partial charge in [0.1, 0.15) is 5.82 Å². The first kappa shape index (κ1) is 10.5. The standard InChI is InChI=1S/C13H16N4/c1-2-6-12-11(5-1)15-9-13(17-12)16-8-10-4-3-7-14-10/h1-2,5-6,9-10,14H,3-4,7-8H2,(H,16,17)/t10-/m0/s1. The van der Waals surface area contributed by atoms with Crippen molar-refractivity contribution in [1.82, 2.24) is 15.3 Å². The molecule has 0 saturated carbocycles. The average Bonchev–Trinajstić information content (AvgIpc) is 2.89. The quantitative estimate of drug-likeness (QED) is 0.841. The zero-order valence-corrected chi connectivity index (χ0v) is 9.69. The number of nitrogens with zero attached hydrogens (tertiary/aromatic N) is 2. The Morgan fingerprint density at radius 3 is 3.00 bits per heavy atom. The molecule has 1 aromatic carbocycles. The lowest BCUT2D eigenvalue weighted by molar-refractivity contribution is 0.632. The van der Waals surface area contributed by atoms with Crippen molar-refractivity contribution in [2.45, 2.75) is 18.9 Å². The van der Waals surface area contributed by atoms with E-state index in [1.807, 2.05) is 24.3 Å². The minimum atomic E-state index is 0.572. The monoisotopic (exact) mass is 228 g/mol. The van der Waals surface area contributed by atoms with Gasteiger partial charge in [-0.3, -0.25) is 4.98 Å². The summed E-state index contributed by atoms with van der Waals surface area (Å²) in [5, 5.41) is 6.80. The van der Waals surface area contributed by atoms with E-state index >= 15 is 0 Å². The Kier molecular flexibility index (Phi) is 2.88. The number of fused-ring (bicyclic) bond motifs is 1. The largest absolute Gasteiger partial charge is 0.367 e. The number of benzene rings is 1. The molecule has 1 fully saturated rings. The highest BCUT2D eigenvalue weighted by molar-refractivity contribution is 5.75. The van der Waals surface area contributed by atoms with Gasteiger partial charge in [0.15, 0.2) is 0 Å². The zero-order valence-electron chi connectivity index (χ0n) is 9.69. The molecule has 2 aromatic rings. The van der Waals surface area contributed by atoms with Gasteiger partial charge in [0.25, 0.3) is 0 Å². The molecule has 0 bridgehead atoms. The minimum Gasteiger partial charge on any atom is -0.367 e. The molecular formula is C13H16N4. The highest BCUT2D eigenvalue weighted by Gasteiger charge is 2.13. The normalized spacial score (nSPS) is 19.6. The first-order valence-corrected chi connectivity index (χ1v) is 6.11. The molecule has 2 heterocycles. The van der Waals surface area contributed by atoms with Gasteiger partial charge in [0.05, 0.1) is 17.2 Å². The van der Waals surface area contributed by atoms with Gasteiger partial charge in [-0.25, -0.2) is 4.98 Å². The van der Waals surface area contributed by atoms with Crippen LogP contribution in [-0.4, -0.2) is 29.1 Å². The van der Waals surface area contributed by atoms with Crippen LogP contribution in [0.1, 0.15) is 12.8 Å². The summed E-state index contributed by atoms with van der Waals surface area (Å²) in [5.41, 5.74) is 1.88. The van der Waals surface area contributed by atoms with Crippen LogP contribution < -0.4 is 10.6 Å². The number of nitrogens with one attached hydrogen (secondary N) is 2. The molecule has 0 amide bonds. The van der Waals surface area contributed by atoms with Gasteiger partial charge in [0.2, 0.25) is 0 Å². The summed E-state index contributed by atoms with van der Waals surface area (Å²) in [4.78, 5) is 8.92. The summed E-state index contributed by atoms with van der Waals surface area (Å²) >= 11 is 0. The molecule has 0 radical (unpaired) electrons. The van der Waals surface area contributed by atoms with Crippen LogP contribution in [0.2, 0.25) is 0 Å². The van der Waals surface area contributed by atoms with Crippen molar-refractivity contribution in [3.05, 3.63) is 30.5 Å². The number of rotatable bonds is 3. The van der Waals surface area contributed by atoms with Crippen LogP contribution >= 0.6 is 0 Å². The number of hydrogen-bond acceptors (Lipinski definition) is 4. The second-order valence-corrected chi connectivity index (χ2v) is 4.42. The van der Waals surface area contributed by atoms with Crippen LogP contribution in [0.15, 0.2) is 30.5 Å². The minimum absolute atomic E-state index is 0.572. The molecular weight excluding hydrogens is 212 g/mol. The molecule has 1 aromatic heterocycles. The molecule has 4 heteroatoms. The molecule has 2 N–H and O–H groups in total. The van der Waals surface area contributed by atoms with Crippen molar-refractivity contribution in [1.29, 1.82) is 0 Å². The number of hydrogen-bond donors (Lipinski definition) is 2. The highest BCUT2D eigenvalue weighted by atomic mass is 15.1. The van der Waals surface area contributed by atoms with Crippen molar-refractivity contribution in [2.24, 2.45) is 0 Å². The summed E-state index contributed by atoms with van der Waals surface area (Å²) < 4.78 is 0. The predicted octanol–water partition coefficient (Wildman–Crippen LogP) is 1.79. The summed E-state index contributed by atoms with van der Waals surface area (Å²) in [6, 6.07) is 8.50. The van der Waals surface area contributed by atoms with E-state index in [2.05, 4.69) is 20.6 Å². The van der Waals surface area contributed by atoms with Crippen molar-refractivity contribution >= 4 is 16.9 Å². The second kappa shape index (κ2) is 4.67. The van der Waals surface area contributed by atoms with E-state index in [0.717, 1.165) is 29.9 Å². The molecule has 3 rings (SSSR count). The maximum atomic E-state index is 4.53. The smallest absolute Gasteiger partial charge is 0.145 e. The fraction of sp³-hybridized carbons (Fsp3) is 0.385. The Morgan fingerprint density at radius 1 is 1.29 bits per heavy atom. The van der Waals surface area contributed by atoms with Crippen molar-refractivity contribution in [3.63, 3.8) is 0 Å². The van der Waals surface area contributed by atoms with Crippen LogP contribution in [-0.2, 0) is 0 Å². The highest BCUT2D eigenvalue weighted by Crippen LogP contribution is 2.12. The maximum Gasteiger partial charge on any atom is 0.145 e. The van der Waals surface area contributed by atoms with E-state index in [0.29, 0.717) is 6.04 Å². The molecule has 0 unspecified atom stereocenters. The third-order valence-electron chi connectivity index (χ3n) is 3.14. The number of aromatic nitrogens is 2. The van der Waals surface area contributed by atoms with Crippen LogP contribution in [0, 0.1) is 0 Å². The van der Waals surface area contributed by atoms with Gasteiger partial charge >= 0.3 is 0 Å². The summed E-state index contributed by atoms with van der Waals surface area (Å²) in [6.45, 7) is 2.06. The lowest BCUT2D eigenvalue weighted by atomic mass is 10.2. The molecule has 0 spiro atoms. The third kappa shape index (κ3) is 2.36. The van der Waals surface area contributed by atoms with Gasteiger partial charge in [-0.1, -0.05) is 12.1 Å². The van der Waals surface area contributed by atoms with E-state index in [1.54, 1.807) is 6.20 Å². The summed E-state index contributed by atoms with van der Waals surface area (Å²) in [7, 11) is 0. The SMILES string of the molecule is c1ccc2nc(NC[C@@H]3CCCN3)cnc2c1. The summed E-state index contributed by atoms with van der Waals surface area (Å²) in [5.74, 6) is 0.859. The second-order valence-electron chi connectivity index (χ2n) is 4.42. The maximum absolute atomic E-state index is 4.53. The van der Waals surface area contributed by atoms with Gasteiger partial charge in [-0.2, -0.15) is 0 Å². The van der Waals surface area contributed by atoms with E-state index in [-0.39, 0.29) is 0 Å². The predicted molar refractivity (Wildman–Crippen MR) is 69.1 cm³/mol. The lowest BCUT2D eigenvalue weighted by Crippen LogP contribution is -2.29. The average molecular weight is 228 g/mol. The molecule has 88 valence electrons. The number of anilines is 1. The van der Waals surface area contributed by atoms with Crippen molar-refractivity contribution in [3.8, 4) is 0 Å². The number of para-hydroxylation sites is 2. The van der Waals surface area contributed by atoms with Gasteiger partial charge in [-0.05, 0) is 31.5 Å². The van der Waals surface area contributed by atoms with Crippen LogP contribution in [0.3, 0.4) is 0 Å². The Morgan fingerprint density at radius 2 is 2.18 bits per heavy atom. The molecule has 0 aliphatic carbocycles. The lowest BCUT2D eigenvalue weighted by Gasteiger charge is -2.11. The topological polar surface area (TPSA) is 49.8 Å². The van der Waals surface area contributed by atoms with E-state index in [4.69, 9.17) is 0 Å². The molecule has 1 atom stereocenters. The van der Waals surface area contributed by atoms with E-state index in [9.17, 15) is 0 Å². The molecule has 1 aliphatic rings. The first-order valence-electron chi connectivity index (χ1n) is 6.11. The Balaban J connectivity index is 1.72. The molecule has 1 aliphatic heterocycles. The fourth-order valence-corrected chi connectivity index (χ4v) is 2.20. The Bertz CT molecular complexity index is 506.